The summed E-state index contributed by atoms with van der Waals surface area (Å²) in [6.07, 6.45) is 7.19. The van der Waals surface area contributed by atoms with E-state index in [0.717, 1.165) is 13.0 Å². The molecule has 1 saturated heterocycles. The van der Waals surface area contributed by atoms with Gasteiger partial charge in [-0.1, -0.05) is 6.42 Å². The van der Waals surface area contributed by atoms with Gasteiger partial charge in [-0.2, -0.15) is 0 Å². The highest BCUT2D eigenvalue weighted by Gasteiger charge is 2.19. The zero-order chi connectivity index (χ0) is 15.1. The Labute approximate surface area is 125 Å². The van der Waals surface area contributed by atoms with Gasteiger partial charge in [0, 0.05) is 37.2 Å². The van der Waals surface area contributed by atoms with Crippen molar-refractivity contribution >= 4 is 5.91 Å². The predicted octanol–water partition coefficient (Wildman–Crippen LogP) is 0.693. The minimum atomic E-state index is -0.160. The van der Waals surface area contributed by atoms with Crippen LogP contribution < -0.4 is 10.9 Å². The van der Waals surface area contributed by atoms with Crippen molar-refractivity contribution in [2.75, 3.05) is 20.1 Å². The lowest BCUT2D eigenvalue weighted by Crippen LogP contribution is -2.37. The van der Waals surface area contributed by atoms with Crippen LogP contribution in [0.5, 0.6) is 0 Å². The number of likely N-dealkylation sites (tertiary alicyclic amines) is 1. The summed E-state index contributed by atoms with van der Waals surface area (Å²) in [7, 11) is 2.14. The van der Waals surface area contributed by atoms with Gasteiger partial charge >= 0.3 is 0 Å². The summed E-state index contributed by atoms with van der Waals surface area (Å²) in [5, 5.41) is 2.90. The van der Waals surface area contributed by atoms with Crippen molar-refractivity contribution in [2.45, 2.75) is 44.6 Å². The second-order valence-electron chi connectivity index (χ2n) is 5.67. The van der Waals surface area contributed by atoms with Gasteiger partial charge in [-0.15, -0.1) is 0 Å². The molecule has 2 rings (SSSR count). The van der Waals surface area contributed by atoms with E-state index in [1.807, 2.05) is 0 Å². The number of hydrogen-bond acceptors (Lipinski definition) is 4. The molecule has 6 nitrogen and oxygen atoms in total. The fourth-order valence-corrected chi connectivity index (χ4v) is 2.77. The highest BCUT2D eigenvalue weighted by Crippen LogP contribution is 2.18. The van der Waals surface area contributed by atoms with E-state index in [4.69, 9.17) is 0 Å². The van der Waals surface area contributed by atoms with Gasteiger partial charge in [0.25, 0.3) is 5.56 Å². The van der Waals surface area contributed by atoms with Crippen LogP contribution in [0.2, 0.25) is 0 Å². The van der Waals surface area contributed by atoms with E-state index in [1.54, 1.807) is 0 Å². The second kappa shape index (κ2) is 7.93. The van der Waals surface area contributed by atoms with Crippen molar-refractivity contribution in [3.05, 3.63) is 28.4 Å². The second-order valence-corrected chi connectivity index (χ2v) is 5.67. The number of piperidine rings is 1. The third-order valence-corrected chi connectivity index (χ3v) is 4.06. The van der Waals surface area contributed by atoms with Crippen molar-refractivity contribution in [1.82, 2.24) is 20.2 Å². The largest absolute Gasteiger partial charge is 0.356 e. The van der Waals surface area contributed by atoms with E-state index in [1.165, 1.54) is 31.7 Å². The molecule has 1 aromatic rings. The molecule has 1 fully saturated rings. The van der Waals surface area contributed by atoms with Gasteiger partial charge in [0.15, 0.2) is 0 Å². The Hall–Kier alpha value is -1.69. The number of aromatic nitrogens is 2. The Morgan fingerprint density at radius 1 is 1.52 bits per heavy atom. The number of nitrogens with one attached hydrogen (secondary N) is 2. The van der Waals surface area contributed by atoms with E-state index in [2.05, 4.69) is 27.2 Å². The molecule has 116 valence electrons. The van der Waals surface area contributed by atoms with Gasteiger partial charge in [-0.3, -0.25) is 9.59 Å². The van der Waals surface area contributed by atoms with Crippen LogP contribution in [0.1, 0.15) is 37.8 Å². The number of hydrogen-bond donors (Lipinski definition) is 2. The summed E-state index contributed by atoms with van der Waals surface area (Å²) in [5.74, 6) is 0.0822. The molecule has 1 aromatic heterocycles. The molecule has 0 bridgehead atoms. The van der Waals surface area contributed by atoms with Gasteiger partial charge in [-0.25, -0.2) is 4.98 Å². The van der Waals surface area contributed by atoms with Gasteiger partial charge in [0.05, 0.1) is 6.33 Å². The Morgan fingerprint density at radius 2 is 2.38 bits per heavy atom. The van der Waals surface area contributed by atoms with Crippen LogP contribution >= 0.6 is 0 Å². The third-order valence-electron chi connectivity index (χ3n) is 4.06. The molecule has 0 saturated carbocycles. The molecular weight excluding hydrogens is 268 g/mol. The average Bonchev–Trinajstić information content (AvgIpc) is 2.46. The number of amides is 1. The van der Waals surface area contributed by atoms with Crippen molar-refractivity contribution < 1.29 is 4.79 Å². The number of aromatic amines is 1. The van der Waals surface area contributed by atoms with Crippen LogP contribution in [-0.4, -0.2) is 47.0 Å². The highest BCUT2D eigenvalue weighted by molar-refractivity contribution is 5.75. The van der Waals surface area contributed by atoms with Gasteiger partial charge < -0.3 is 15.2 Å². The molecule has 2 heterocycles. The van der Waals surface area contributed by atoms with Gasteiger partial charge in [0.1, 0.15) is 0 Å². The Balaban J connectivity index is 1.64. The summed E-state index contributed by atoms with van der Waals surface area (Å²) < 4.78 is 0. The normalized spacial score (nSPS) is 19.4. The molecular formula is C15H24N4O2. The maximum atomic E-state index is 11.8. The quantitative estimate of drug-likeness (QED) is 0.809. The summed E-state index contributed by atoms with van der Waals surface area (Å²) in [6, 6.07) is 2.00. The molecule has 2 N–H and O–H groups in total. The van der Waals surface area contributed by atoms with E-state index in [9.17, 15) is 9.59 Å². The lowest BCUT2D eigenvalue weighted by atomic mass is 9.98. The number of carbonyl (C=O) groups excluding carboxylic acids is 1. The molecule has 0 aromatic carbocycles. The van der Waals surface area contributed by atoms with E-state index in [0.29, 0.717) is 31.1 Å². The first-order valence-corrected chi connectivity index (χ1v) is 7.65. The van der Waals surface area contributed by atoms with Crippen LogP contribution in [0.15, 0.2) is 17.2 Å². The van der Waals surface area contributed by atoms with Crippen molar-refractivity contribution in [1.29, 1.82) is 0 Å². The minimum absolute atomic E-state index is 0.0822. The summed E-state index contributed by atoms with van der Waals surface area (Å²) in [6.45, 7) is 1.66. The summed E-state index contributed by atoms with van der Waals surface area (Å²) in [4.78, 5) is 31.8. The van der Waals surface area contributed by atoms with Crippen LogP contribution in [0.3, 0.4) is 0 Å². The van der Waals surface area contributed by atoms with Crippen LogP contribution in [0, 0.1) is 0 Å². The molecule has 1 amide bonds. The summed E-state index contributed by atoms with van der Waals surface area (Å²) >= 11 is 0. The predicted molar refractivity (Wildman–Crippen MR) is 81.1 cm³/mol. The third kappa shape index (κ3) is 5.30. The first-order chi connectivity index (χ1) is 10.1. The molecule has 21 heavy (non-hydrogen) atoms. The van der Waals surface area contributed by atoms with E-state index in [-0.39, 0.29) is 11.5 Å². The van der Waals surface area contributed by atoms with Crippen molar-refractivity contribution in [2.24, 2.45) is 0 Å². The SMILES string of the molecule is CN1CCCCC1CCC(=O)NCCc1cc(=O)[nH]cn1. The van der Waals surface area contributed by atoms with E-state index >= 15 is 0 Å². The minimum Gasteiger partial charge on any atom is -0.356 e. The standard InChI is InChI=1S/C15H24N4O2/c1-19-9-3-2-4-13(19)5-6-14(20)16-8-7-12-10-15(21)18-11-17-12/h10-11,13H,2-9H2,1H3,(H,16,20)(H,17,18,21). The summed E-state index contributed by atoms with van der Waals surface area (Å²) in [5.41, 5.74) is 0.540. The lowest BCUT2D eigenvalue weighted by Gasteiger charge is -2.32. The smallest absolute Gasteiger partial charge is 0.250 e. The average molecular weight is 292 g/mol. The Kier molecular flexibility index (Phi) is 5.92. The van der Waals surface area contributed by atoms with Crippen molar-refractivity contribution in [3.8, 4) is 0 Å². The van der Waals surface area contributed by atoms with E-state index < -0.39 is 0 Å². The maximum Gasteiger partial charge on any atom is 0.250 e. The molecule has 0 radical (unpaired) electrons. The number of carbonyl (C=O) groups is 1. The number of H-pyrrole nitrogens is 1. The molecule has 1 aliphatic heterocycles. The monoisotopic (exact) mass is 292 g/mol. The fraction of sp³-hybridized carbons (Fsp3) is 0.667. The molecule has 1 aliphatic rings. The number of rotatable bonds is 6. The fourth-order valence-electron chi connectivity index (χ4n) is 2.77. The first kappa shape index (κ1) is 15.7. The zero-order valence-corrected chi connectivity index (χ0v) is 12.6. The molecule has 0 aliphatic carbocycles. The zero-order valence-electron chi connectivity index (χ0n) is 12.6. The maximum absolute atomic E-state index is 11.8. The van der Waals surface area contributed by atoms with Gasteiger partial charge in [0.2, 0.25) is 5.91 Å². The van der Waals surface area contributed by atoms with Crippen LogP contribution in [0.25, 0.3) is 0 Å². The molecule has 6 heteroatoms. The van der Waals surface area contributed by atoms with Crippen molar-refractivity contribution in [3.63, 3.8) is 0 Å². The molecule has 1 atom stereocenters. The Morgan fingerprint density at radius 3 is 3.14 bits per heavy atom. The first-order valence-electron chi connectivity index (χ1n) is 7.65. The topological polar surface area (TPSA) is 78.1 Å². The molecule has 0 spiro atoms. The lowest BCUT2D eigenvalue weighted by molar-refractivity contribution is -0.121. The van der Waals surface area contributed by atoms with Gasteiger partial charge in [-0.05, 0) is 32.9 Å². The van der Waals surface area contributed by atoms with Crippen LogP contribution in [0.4, 0.5) is 0 Å². The number of nitrogens with zero attached hydrogens (tertiary/aromatic N) is 2. The Bertz CT molecular complexity index is 514. The molecule has 1 unspecified atom stereocenters. The van der Waals surface area contributed by atoms with Crippen LogP contribution in [-0.2, 0) is 11.2 Å². The highest BCUT2D eigenvalue weighted by atomic mass is 16.1.